The van der Waals surface area contributed by atoms with Crippen LogP contribution in [-0.4, -0.2) is 11.1 Å². The minimum atomic E-state index is -1.28. The van der Waals surface area contributed by atoms with Crippen molar-refractivity contribution in [1.82, 2.24) is 0 Å². The minimum Gasteiger partial charge on any atom is -0.478 e. The molecule has 2 aromatic carbocycles. The maximum Gasteiger partial charge on any atom is 0.338 e. The monoisotopic (exact) mass is 294 g/mol. The molecule has 0 saturated carbocycles. The fourth-order valence-corrected chi connectivity index (χ4v) is 2.03. The van der Waals surface area contributed by atoms with Gasteiger partial charge in [-0.2, -0.15) is 0 Å². The molecule has 0 fully saturated rings. The maximum absolute atomic E-state index is 14.0. The summed E-state index contributed by atoms with van der Waals surface area (Å²) in [5, 5.41) is 8.90. The standard InChI is InChI=1S/C13H8BrFO2/c14-9-6-10(8-4-2-1-3-5-8)12(15)11(7-9)13(16)17/h1-7H,(H,16,17). The molecule has 0 spiro atoms. The first-order valence-corrected chi connectivity index (χ1v) is 5.66. The van der Waals surface area contributed by atoms with E-state index in [2.05, 4.69) is 15.9 Å². The molecule has 0 saturated heterocycles. The van der Waals surface area contributed by atoms with Crippen molar-refractivity contribution in [3.05, 3.63) is 58.3 Å². The van der Waals surface area contributed by atoms with Gasteiger partial charge in [-0.15, -0.1) is 0 Å². The highest BCUT2D eigenvalue weighted by molar-refractivity contribution is 9.10. The van der Waals surface area contributed by atoms with Crippen LogP contribution in [0.25, 0.3) is 11.1 Å². The normalized spacial score (nSPS) is 10.2. The smallest absolute Gasteiger partial charge is 0.338 e. The SMILES string of the molecule is O=C(O)c1cc(Br)cc(-c2ccccc2)c1F. The van der Waals surface area contributed by atoms with E-state index in [0.29, 0.717) is 10.0 Å². The van der Waals surface area contributed by atoms with Crippen molar-refractivity contribution in [2.24, 2.45) is 0 Å². The van der Waals surface area contributed by atoms with Crippen LogP contribution in [0.2, 0.25) is 0 Å². The number of carbonyl (C=O) groups is 1. The molecule has 0 unspecified atom stereocenters. The average molecular weight is 295 g/mol. The van der Waals surface area contributed by atoms with Gasteiger partial charge in [-0.05, 0) is 17.7 Å². The first kappa shape index (κ1) is 11.8. The molecule has 2 aromatic rings. The van der Waals surface area contributed by atoms with E-state index in [1.165, 1.54) is 6.07 Å². The molecule has 0 atom stereocenters. The summed E-state index contributed by atoms with van der Waals surface area (Å²) in [6, 6.07) is 11.7. The van der Waals surface area contributed by atoms with Crippen molar-refractivity contribution in [1.29, 1.82) is 0 Å². The van der Waals surface area contributed by atoms with Gasteiger partial charge < -0.3 is 5.11 Å². The summed E-state index contributed by atoms with van der Waals surface area (Å²) in [6.45, 7) is 0. The largest absolute Gasteiger partial charge is 0.478 e. The van der Waals surface area contributed by atoms with Crippen LogP contribution in [-0.2, 0) is 0 Å². The van der Waals surface area contributed by atoms with Crippen LogP contribution in [0.4, 0.5) is 4.39 Å². The van der Waals surface area contributed by atoms with Crippen molar-refractivity contribution in [3.8, 4) is 11.1 Å². The average Bonchev–Trinajstić information content (AvgIpc) is 2.32. The van der Waals surface area contributed by atoms with E-state index in [1.54, 1.807) is 30.3 Å². The summed E-state index contributed by atoms with van der Waals surface area (Å²) in [5.74, 6) is -1.99. The van der Waals surface area contributed by atoms with Crippen LogP contribution in [0.15, 0.2) is 46.9 Å². The number of benzene rings is 2. The lowest BCUT2D eigenvalue weighted by atomic mass is 10.0. The van der Waals surface area contributed by atoms with Gasteiger partial charge in [-0.25, -0.2) is 9.18 Å². The summed E-state index contributed by atoms with van der Waals surface area (Å²) in [7, 11) is 0. The van der Waals surface area contributed by atoms with E-state index in [-0.39, 0.29) is 11.1 Å². The third-order valence-electron chi connectivity index (χ3n) is 2.35. The molecule has 1 N–H and O–H groups in total. The zero-order valence-corrected chi connectivity index (χ0v) is 10.2. The van der Waals surface area contributed by atoms with Crippen LogP contribution in [0, 0.1) is 5.82 Å². The van der Waals surface area contributed by atoms with Crippen LogP contribution >= 0.6 is 15.9 Å². The van der Waals surface area contributed by atoms with Crippen LogP contribution in [0.3, 0.4) is 0 Å². The number of halogens is 2. The van der Waals surface area contributed by atoms with Gasteiger partial charge in [0.05, 0.1) is 5.56 Å². The zero-order chi connectivity index (χ0) is 12.4. The lowest BCUT2D eigenvalue weighted by Gasteiger charge is -2.07. The Balaban J connectivity index is 2.67. The fourth-order valence-electron chi connectivity index (χ4n) is 1.57. The van der Waals surface area contributed by atoms with Gasteiger partial charge in [0.25, 0.3) is 0 Å². The molecule has 4 heteroatoms. The van der Waals surface area contributed by atoms with Crippen molar-refractivity contribution < 1.29 is 14.3 Å². The van der Waals surface area contributed by atoms with Gasteiger partial charge >= 0.3 is 5.97 Å². The molecular formula is C13H8BrFO2. The Bertz CT molecular complexity index is 567. The number of rotatable bonds is 2. The van der Waals surface area contributed by atoms with Crippen LogP contribution < -0.4 is 0 Å². The zero-order valence-electron chi connectivity index (χ0n) is 8.65. The molecular weight excluding hydrogens is 287 g/mol. The van der Waals surface area contributed by atoms with Crippen LogP contribution in [0.1, 0.15) is 10.4 Å². The third kappa shape index (κ3) is 2.36. The van der Waals surface area contributed by atoms with Crippen molar-refractivity contribution >= 4 is 21.9 Å². The molecule has 2 nitrogen and oxygen atoms in total. The highest BCUT2D eigenvalue weighted by Crippen LogP contribution is 2.28. The van der Waals surface area contributed by atoms with E-state index in [9.17, 15) is 9.18 Å². The molecule has 0 bridgehead atoms. The van der Waals surface area contributed by atoms with Crippen LogP contribution in [0.5, 0.6) is 0 Å². The molecule has 0 aromatic heterocycles. The Morgan fingerprint density at radius 2 is 1.82 bits per heavy atom. The lowest BCUT2D eigenvalue weighted by molar-refractivity contribution is 0.0692. The molecule has 0 heterocycles. The third-order valence-corrected chi connectivity index (χ3v) is 2.81. The van der Waals surface area contributed by atoms with E-state index in [1.807, 2.05) is 6.07 Å². The van der Waals surface area contributed by atoms with Gasteiger partial charge in [0, 0.05) is 10.0 Å². The summed E-state index contributed by atoms with van der Waals surface area (Å²) in [6.07, 6.45) is 0. The summed E-state index contributed by atoms with van der Waals surface area (Å²) in [5.41, 5.74) is 0.587. The summed E-state index contributed by atoms with van der Waals surface area (Å²) < 4.78 is 14.5. The second kappa shape index (κ2) is 4.67. The number of hydrogen-bond donors (Lipinski definition) is 1. The first-order chi connectivity index (χ1) is 8.09. The van der Waals surface area contributed by atoms with Gasteiger partial charge in [0.15, 0.2) is 0 Å². The maximum atomic E-state index is 14.0. The Kier molecular flexibility index (Phi) is 3.24. The minimum absolute atomic E-state index is 0.275. The van der Waals surface area contributed by atoms with E-state index in [4.69, 9.17) is 5.11 Å². The highest BCUT2D eigenvalue weighted by atomic mass is 79.9. The molecule has 17 heavy (non-hydrogen) atoms. The second-order valence-corrected chi connectivity index (χ2v) is 4.40. The quantitative estimate of drug-likeness (QED) is 0.910. The van der Waals surface area contributed by atoms with Crippen molar-refractivity contribution in [2.45, 2.75) is 0 Å². The summed E-state index contributed by atoms with van der Waals surface area (Å²) in [4.78, 5) is 10.9. The topological polar surface area (TPSA) is 37.3 Å². The number of carboxylic acids is 1. The highest BCUT2D eigenvalue weighted by Gasteiger charge is 2.16. The molecule has 2 rings (SSSR count). The summed E-state index contributed by atoms with van der Waals surface area (Å²) >= 11 is 3.18. The van der Waals surface area contributed by atoms with E-state index < -0.39 is 11.8 Å². The van der Waals surface area contributed by atoms with Gasteiger partial charge in [0.1, 0.15) is 5.82 Å². The Labute approximate surface area is 106 Å². The van der Waals surface area contributed by atoms with Gasteiger partial charge in [-0.3, -0.25) is 0 Å². The van der Waals surface area contributed by atoms with E-state index in [0.717, 1.165) is 0 Å². The predicted octanol–water partition coefficient (Wildman–Crippen LogP) is 3.95. The fraction of sp³-hybridized carbons (Fsp3) is 0. The Hall–Kier alpha value is -1.68. The first-order valence-electron chi connectivity index (χ1n) is 4.87. The molecule has 0 radical (unpaired) electrons. The van der Waals surface area contributed by atoms with Gasteiger partial charge in [0.2, 0.25) is 0 Å². The lowest BCUT2D eigenvalue weighted by Crippen LogP contribution is -2.02. The molecule has 0 aliphatic carbocycles. The Morgan fingerprint density at radius 1 is 1.18 bits per heavy atom. The predicted molar refractivity (Wildman–Crippen MR) is 66.5 cm³/mol. The number of hydrogen-bond acceptors (Lipinski definition) is 1. The molecule has 0 amide bonds. The Morgan fingerprint density at radius 3 is 2.41 bits per heavy atom. The second-order valence-electron chi connectivity index (χ2n) is 3.49. The number of carboxylic acid groups (broad SMARTS) is 1. The molecule has 86 valence electrons. The number of aromatic carboxylic acids is 1. The van der Waals surface area contributed by atoms with Gasteiger partial charge in [-0.1, -0.05) is 46.3 Å². The van der Waals surface area contributed by atoms with Crippen molar-refractivity contribution in [2.75, 3.05) is 0 Å². The van der Waals surface area contributed by atoms with E-state index >= 15 is 0 Å². The van der Waals surface area contributed by atoms with Crippen molar-refractivity contribution in [3.63, 3.8) is 0 Å². The molecule has 0 aliphatic rings. The molecule has 0 aliphatic heterocycles.